The average Bonchev–Trinajstić information content (AvgIpc) is 3.24. The van der Waals surface area contributed by atoms with Crippen molar-refractivity contribution < 1.29 is 4.79 Å². The van der Waals surface area contributed by atoms with Crippen LogP contribution >= 0.6 is 0 Å². The predicted molar refractivity (Wildman–Crippen MR) is 94.4 cm³/mol. The fraction of sp³-hybridized carbons (Fsp3) is 0.333. The van der Waals surface area contributed by atoms with Gasteiger partial charge in [0.15, 0.2) is 6.29 Å². The van der Waals surface area contributed by atoms with Crippen LogP contribution in [-0.4, -0.2) is 33.7 Å². The van der Waals surface area contributed by atoms with E-state index >= 15 is 0 Å². The Labute approximate surface area is 146 Å². The van der Waals surface area contributed by atoms with Gasteiger partial charge >= 0.3 is 0 Å². The van der Waals surface area contributed by atoms with E-state index in [0.717, 1.165) is 17.0 Å². The number of hydrogen-bond donors (Lipinski definition) is 3. The molecule has 4 rings (SSSR count). The van der Waals surface area contributed by atoms with E-state index in [1.165, 1.54) is 5.56 Å². The molecule has 1 atom stereocenters. The number of amides is 1. The smallest absolute Gasteiger partial charge is 0.269 e. The van der Waals surface area contributed by atoms with Crippen LogP contribution in [0.3, 0.4) is 0 Å². The highest BCUT2D eigenvalue weighted by Gasteiger charge is 2.39. The van der Waals surface area contributed by atoms with E-state index in [4.69, 9.17) is 0 Å². The summed E-state index contributed by atoms with van der Waals surface area (Å²) in [5.41, 5.74) is 6.78. The molecule has 1 amide bonds. The normalized spacial score (nSPS) is 20.2. The zero-order valence-electron chi connectivity index (χ0n) is 14.4. The molecule has 1 fully saturated rings. The van der Waals surface area contributed by atoms with Crippen LogP contribution in [0.1, 0.15) is 25.1 Å². The van der Waals surface area contributed by atoms with Crippen molar-refractivity contribution in [3.63, 3.8) is 0 Å². The van der Waals surface area contributed by atoms with Crippen LogP contribution in [0.25, 0.3) is 5.70 Å². The summed E-state index contributed by atoms with van der Waals surface area (Å²) < 4.78 is 1.94. The fourth-order valence-electron chi connectivity index (χ4n) is 3.34. The second-order valence-corrected chi connectivity index (χ2v) is 6.56. The standard InChI is InChI=1S/C18H22N6O/c1-12(2)15-16(22-18-19-11-21-24(18)17(15)25)14-8-9-20-23(14)10-13-6-4-3-5-7-13/h3-9,12,18-19,21-22H,10-11H2,1-2H3. The Bertz CT molecular complexity index is 810. The molecule has 3 heterocycles. The number of carbonyl (C=O) groups excluding carboxylic acids is 1. The topological polar surface area (TPSA) is 74.2 Å². The molecule has 3 N–H and O–H groups in total. The van der Waals surface area contributed by atoms with Gasteiger partial charge in [-0.3, -0.25) is 14.8 Å². The first-order valence-corrected chi connectivity index (χ1v) is 8.52. The summed E-state index contributed by atoms with van der Waals surface area (Å²) in [5, 5.41) is 12.8. The highest BCUT2D eigenvalue weighted by molar-refractivity contribution is 6.02. The molecule has 1 saturated heterocycles. The molecule has 7 heteroatoms. The Kier molecular flexibility index (Phi) is 4.03. The van der Waals surface area contributed by atoms with Crippen LogP contribution in [0.15, 0.2) is 48.2 Å². The molecular formula is C18H22N6O. The van der Waals surface area contributed by atoms with E-state index in [1.807, 2.05) is 42.8 Å². The van der Waals surface area contributed by atoms with Gasteiger partial charge in [-0.15, -0.1) is 0 Å². The van der Waals surface area contributed by atoms with Gasteiger partial charge in [0, 0.05) is 11.8 Å². The third kappa shape index (κ3) is 2.81. The van der Waals surface area contributed by atoms with Crippen LogP contribution < -0.4 is 16.1 Å². The number of nitrogens with zero attached hydrogens (tertiary/aromatic N) is 3. The average molecular weight is 338 g/mol. The summed E-state index contributed by atoms with van der Waals surface area (Å²) in [6.07, 6.45) is 1.53. The summed E-state index contributed by atoms with van der Waals surface area (Å²) >= 11 is 0. The van der Waals surface area contributed by atoms with Crippen LogP contribution in [0.2, 0.25) is 0 Å². The highest BCUT2D eigenvalue weighted by Crippen LogP contribution is 2.28. The lowest BCUT2D eigenvalue weighted by atomic mass is 9.96. The first-order valence-electron chi connectivity index (χ1n) is 8.52. The molecule has 0 radical (unpaired) electrons. The highest BCUT2D eigenvalue weighted by atomic mass is 16.2. The maximum Gasteiger partial charge on any atom is 0.269 e. The first kappa shape index (κ1) is 15.9. The minimum Gasteiger partial charge on any atom is -0.350 e. The number of rotatable bonds is 4. The fourth-order valence-corrected chi connectivity index (χ4v) is 3.34. The number of hydrazine groups is 1. The SMILES string of the molecule is CC(C)C1=C(c2ccnn2Cc2ccccc2)NC2NCNN2C1=O. The van der Waals surface area contributed by atoms with Gasteiger partial charge in [-0.2, -0.15) is 5.10 Å². The van der Waals surface area contributed by atoms with Crippen molar-refractivity contribution in [2.24, 2.45) is 5.92 Å². The monoisotopic (exact) mass is 338 g/mol. The van der Waals surface area contributed by atoms with Crippen LogP contribution in [0, 0.1) is 5.92 Å². The van der Waals surface area contributed by atoms with Crippen LogP contribution in [0.5, 0.6) is 0 Å². The van der Waals surface area contributed by atoms with Crippen molar-refractivity contribution in [2.75, 3.05) is 6.67 Å². The molecule has 7 nitrogen and oxygen atoms in total. The van der Waals surface area contributed by atoms with Crippen molar-refractivity contribution in [3.8, 4) is 0 Å². The molecule has 0 spiro atoms. The Balaban J connectivity index is 1.75. The lowest BCUT2D eigenvalue weighted by molar-refractivity contribution is -0.132. The number of aromatic nitrogens is 2. The third-order valence-corrected chi connectivity index (χ3v) is 4.53. The van der Waals surface area contributed by atoms with Gasteiger partial charge < -0.3 is 5.32 Å². The maximum absolute atomic E-state index is 12.9. The maximum atomic E-state index is 12.9. The van der Waals surface area contributed by atoms with Gasteiger partial charge in [-0.1, -0.05) is 44.2 Å². The predicted octanol–water partition coefficient (Wildman–Crippen LogP) is 1.08. The van der Waals surface area contributed by atoms with Crippen molar-refractivity contribution in [1.29, 1.82) is 0 Å². The van der Waals surface area contributed by atoms with Crippen molar-refractivity contribution in [2.45, 2.75) is 26.7 Å². The van der Waals surface area contributed by atoms with E-state index < -0.39 is 0 Å². The zero-order valence-corrected chi connectivity index (χ0v) is 14.4. The third-order valence-electron chi connectivity index (χ3n) is 4.53. The van der Waals surface area contributed by atoms with Crippen molar-refractivity contribution in [1.82, 2.24) is 30.8 Å². The molecule has 1 aromatic carbocycles. The number of hydrogen-bond acceptors (Lipinski definition) is 5. The number of carbonyl (C=O) groups is 1. The summed E-state index contributed by atoms with van der Waals surface area (Å²) in [4.78, 5) is 12.9. The van der Waals surface area contributed by atoms with Gasteiger partial charge in [-0.25, -0.2) is 10.4 Å². The molecule has 25 heavy (non-hydrogen) atoms. The molecule has 1 aromatic heterocycles. The van der Waals surface area contributed by atoms with Crippen molar-refractivity contribution in [3.05, 3.63) is 59.4 Å². The number of fused-ring (bicyclic) bond motifs is 1. The summed E-state index contributed by atoms with van der Waals surface area (Å²) in [6, 6.07) is 12.2. The summed E-state index contributed by atoms with van der Waals surface area (Å²) in [7, 11) is 0. The molecule has 0 saturated carbocycles. The van der Waals surface area contributed by atoms with E-state index in [9.17, 15) is 4.79 Å². The van der Waals surface area contributed by atoms with Gasteiger partial charge in [0.05, 0.1) is 24.6 Å². The van der Waals surface area contributed by atoms with Gasteiger partial charge in [0.25, 0.3) is 5.91 Å². The Morgan fingerprint density at radius 2 is 2.04 bits per heavy atom. The van der Waals surface area contributed by atoms with Gasteiger partial charge in [-0.05, 0) is 17.5 Å². The van der Waals surface area contributed by atoms with E-state index in [2.05, 4.69) is 33.3 Å². The lowest BCUT2D eigenvalue weighted by Crippen LogP contribution is -2.56. The first-order chi connectivity index (χ1) is 12.1. The van der Waals surface area contributed by atoms with Gasteiger partial charge in [0.2, 0.25) is 0 Å². The van der Waals surface area contributed by atoms with Crippen LogP contribution in [0.4, 0.5) is 0 Å². The van der Waals surface area contributed by atoms with E-state index in [1.54, 1.807) is 11.2 Å². The zero-order chi connectivity index (χ0) is 17.4. The molecule has 2 aromatic rings. The quantitative estimate of drug-likeness (QED) is 0.778. The molecular weight excluding hydrogens is 316 g/mol. The molecule has 0 aliphatic carbocycles. The number of nitrogens with one attached hydrogen (secondary N) is 3. The largest absolute Gasteiger partial charge is 0.350 e. The van der Waals surface area contributed by atoms with Crippen LogP contribution in [-0.2, 0) is 11.3 Å². The van der Waals surface area contributed by atoms with E-state index in [0.29, 0.717) is 13.2 Å². The Hall–Kier alpha value is -2.64. The Morgan fingerprint density at radius 1 is 1.24 bits per heavy atom. The lowest BCUT2D eigenvalue weighted by Gasteiger charge is -2.34. The minimum atomic E-state index is -0.245. The van der Waals surface area contributed by atoms with Crippen molar-refractivity contribution >= 4 is 11.6 Å². The minimum absolute atomic E-state index is 0.00575. The molecule has 2 aliphatic rings. The van der Waals surface area contributed by atoms with Gasteiger partial charge in [0.1, 0.15) is 0 Å². The Morgan fingerprint density at radius 3 is 2.80 bits per heavy atom. The molecule has 1 unspecified atom stereocenters. The molecule has 2 aliphatic heterocycles. The second kappa shape index (κ2) is 6.34. The summed E-state index contributed by atoms with van der Waals surface area (Å²) in [6.45, 7) is 5.30. The van der Waals surface area contributed by atoms with E-state index in [-0.39, 0.29) is 18.1 Å². The molecule has 130 valence electrons. The number of benzene rings is 1. The molecule has 0 bridgehead atoms. The summed E-state index contributed by atoms with van der Waals surface area (Å²) in [5.74, 6) is 0.102. The second-order valence-electron chi connectivity index (χ2n) is 6.56.